The van der Waals surface area contributed by atoms with Gasteiger partial charge in [0.15, 0.2) is 0 Å². The molecule has 2 heterocycles. The summed E-state index contributed by atoms with van der Waals surface area (Å²) >= 11 is 0. The average molecular weight is 249 g/mol. The third kappa shape index (κ3) is 3.57. The third-order valence-corrected chi connectivity index (χ3v) is 2.85. The van der Waals surface area contributed by atoms with E-state index in [0.717, 1.165) is 31.3 Å². The third-order valence-electron chi connectivity index (χ3n) is 2.85. The minimum atomic E-state index is 0.0162. The van der Waals surface area contributed by atoms with E-state index in [1.807, 2.05) is 6.07 Å². The zero-order valence-corrected chi connectivity index (χ0v) is 11.7. The fourth-order valence-corrected chi connectivity index (χ4v) is 2.11. The molecule has 2 rings (SSSR count). The van der Waals surface area contributed by atoms with E-state index in [9.17, 15) is 0 Å². The van der Waals surface area contributed by atoms with Gasteiger partial charge in [-0.2, -0.15) is 0 Å². The molecular weight excluding hydrogens is 226 g/mol. The second-order valence-electron chi connectivity index (χ2n) is 5.94. The average Bonchev–Trinajstić information content (AvgIpc) is 2.27. The van der Waals surface area contributed by atoms with E-state index in [4.69, 9.17) is 0 Å². The molecule has 0 aromatic carbocycles. The quantitative estimate of drug-likeness (QED) is 0.831. The van der Waals surface area contributed by atoms with Gasteiger partial charge in [-0.1, -0.05) is 0 Å². The van der Waals surface area contributed by atoms with Gasteiger partial charge in [0, 0.05) is 37.3 Å². The maximum Gasteiger partial charge on any atom is 0.134 e. The molecule has 1 saturated heterocycles. The van der Waals surface area contributed by atoms with Gasteiger partial charge in [-0.05, 0) is 27.7 Å². The molecule has 0 spiro atoms. The van der Waals surface area contributed by atoms with Gasteiger partial charge in [-0.3, -0.25) is 0 Å². The van der Waals surface area contributed by atoms with E-state index in [2.05, 4.69) is 53.2 Å². The first-order valence-electron chi connectivity index (χ1n) is 6.52. The molecule has 5 nitrogen and oxygen atoms in total. The zero-order chi connectivity index (χ0) is 13.2. The van der Waals surface area contributed by atoms with Crippen molar-refractivity contribution in [2.24, 2.45) is 0 Å². The SMILES string of the molecule is CC1CN(c2cc(NC(C)(C)C)ncn2)CCN1. The lowest BCUT2D eigenvalue weighted by atomic mass is 10.1. The molecule has 18 heavy (non-hydrogen) atoms. The van der Waals surface area contributed by atoms with Crippen LogP contribution in [0.15, 0.2) is 12.4 Å². The van der Waals surface area contributed by atoms with Gasteiger partial charge in [0.25, 0.3) is 0 Å². The number of nitrogens with zero attached hydrogens (tertiary/aromatic N) is 3. The lowest BCUT2D eigenvalue weighted by Crippen LogP contribution is -2.49. The van der Waals surface area contributed by atoms with Gasteiger partial charge in [0.2, 0.25) is 0 Å². The Labute approximate surface area is 109 Å². The van der Waals surface area contributed by atoms with Gasteiger partial charge < -0.3 is 15.5 Å². The van der Waals surface area contributed by atoms with Gasteiger partial charge >= 0.3 is 0 Å². The van der Waals surface area contributed by atoms with Crippen molar-refractivity contribution in [1.82, 2.24) is 15.3 Å². The van der Waals surface area contributed by atoms with E-state index in [-0.39, 0.29) is 5.54 Å². The second-order valence-corrected chi connectivity index (χ2v) is 5.94. The van der Waals surface area contributed by atoms with Crippen LogP contribution in [0, 0.1) is 0 Å². The van der Waals surface area contributed by atoms with E-state index in [1.165, 1.54) is 0 Å². The molecule has 5 heteroatoms. The molecule has 1 aromatic heterocycles. The van der Waals surface area contributed by atoms with E-state index < -0.39 is 0 Å². The van der Waals surface area contributed by atoms with Crippen LogP contribution in [-0.4, -0.2) is 41.2 Å². The van der Waals surface area contributed by atoms with Crippen molar-refractivity contribution < 1.29 is 0 Å². The van der Waals surface area contributed by atoms with Crippen molar-refractivity contribution >= 4 is 11.6 Å². The zero-order valence-electron chi connectivity index (χ0n) is 11.7. The predicted octanol–water partition coefficient (Wildman–Crippen LogP) is 1.49. The Morgan fingerprint density at radius 2 is 2.17 bits per heavy atom. The molecule has 1 unspecified atom stereocenters. The van der Waals surface area contributed by atoms with Crippen molar-refractivity contribution in [2.75, 3.05) is 29.9 Å². The molecular formula is C13H23N5. The van der Waals surface area contributed by atoms with Crippen LogP contribution in [0.5, 0.6) is 0 Å². The summed E-state index contributed by atoms with van der Waals surface area (Å²) in [5.41, 5.74) is 0.0162. The number of piperazine rings is 1. The first kappa shape index (κ1) is 13.1. The highest BCUT2D eigenvalue weighted by atomic mass is 15.2. The summed E-state index contributed by atoms with van der Waals surface area (Å²) in [7, 11) is 0. The van der Waals surface area contributed by atoms with Gasteiger partial charge in [0.05, 0.1) is 0 Å². The van der Waals surface area contributed by atoms with Crippen LogP contribution in [0.3, 0.4) is 0 Å². The van der Waals surface area contributed by atoms with Gasteiger partial charge in [-0.15, -0.1) is 0 Å². The second kappa shape index (κ2) is 5.10. The number of anilines is 2. The molecule has 0 bridgehead atoms. The maximum absolute atomic E-state index is 4.37. The molecule has 100 valence electrons. The molecule has 1 atom stereocenters. The molecule has 1 aromatic rings. The fourth-order valence-electron chi connectivity index (χ4n) is 2.11. The first-order valence-corrected chi connectivity index (χ1v) is 6.52. The molecule has 0 aliphatic carbocycles. The van der Waals surface area contributed by atoms with Crippen LogP contribution in [0.2, 0.25) is 0 Å². The molecule has 0 amide bonds. The Bertz CT molecular complexity index is 399. The van der Waals surface area contributed by atoms with Crippen molar-refractivity contribution in [1.29, 1.82) is 0 Å². The Morgan fingerprint density at radius 3 is 2.83 bits per heavy atom. The summed E-state index contributed by atoms with van der Waals surface area (Å²) < 4.78 is 0. The first-order chi connectivity index (χ1) is 8.44. The van der Waals surface area contributed by atoms with Crippen LogP contribution >= 0.6 is 0 Å². The summed E-state index contributed by atoms with van der Waals surface area (Å²) in [6, 6.07) is 2.54. The summed E-state index contributed by atoms with van der Waals surface area (Å²) in [5, 5.41) is 6.81. The fraction of sp³-hybridized carbons (Fsp3) is 0.692. The smallest absolute Gasteiger partial charge is 0.134 e. The Morgan fingerprint density at radius 1 is 1.39 bits per heavy atom. The van der Waals surface area contributed by atoms with Crippen LogP contribution in [0.1, 0.15) is 27.7 Å². The number of aromatic nitrogens is 2. The Hall–Kier alpha value is -1.36. The lowest BCUT2D eigenvalue weighted by molar-refractivity contribution is 0.482. The molecule has 0 saturated carbocycles. The Kier molecular flexibility index (Phi) is 3.71. The summed E-state index contributed by atoms with van der Waals surface area (Å²) in [5.74, 6) is 1.89. The van der Waals surface area contributed by atoms with E-state index in [1.54, 1.807) is 6.33 Å². The monoisotopic (exact) mass is 249 g/mol. The molecule has 2 N–H and O–H groups in total. The molecule has 0 radical (unpaired) electrons. The predicted molar refractivity (Wildman–Crippen MR) is 75.1 cm³/mol. The van der Waals surface area contributed by atoms with E-state index >= 15 is 0 Å². The largest absolute Gasteiger partial charge is 0.365 e. The van der Waals surface area contributed by atoms with Crippen molar-refractivity contribution in [3.63, 3.8) is 0 Å². The highest BCUT2D eigenvalue weighted by molar-refractivity contribution is 5.49. The van der Waals surface area contributed by atoms with E-state index in [0.29, 0.717) is 6.04 Å². The van der Waals surface area contributed by atoms with Crippen LogP contribution in [-0.2, 0) is 0 Å². The molecule has 1 aliphatic heterocycles. The van der Waals surface area contributed by atoms with Gasteiger partial charge in [0.1, 0.15) is 18.0 Å². The minimum Gasteiger partial charge on any atom is -0.365 e. The normalized spacial score (nSPS) is 20.9. The number of nitrogens with one attached hydrogen (secondary N) is 2. The Balaban J connectivity index is 2.11. The highest BCUT2D eigenvalue weighted by Gasteiger charge is 2.18. The molecule has 1 fully saturated rings. The number of rotatable bonds is 2. The number of hydrogen-bond donors (Lipinski definition) is 2. The van der Waals surface area contributed by atoms with Crippen LogP contribution in [0.25, 0.3) is 0 Å². The highest BCUT2D eigenvalue weighted by Crippen LogP contribution is 2.18. The molecule has 1 aliphatic rings. The van der Waals surface area contributed by atoms with Crippen LogP contribution in [0.4, 0.5) is 11.6 Å². The van der Waals surface area contributed by atoms with Crippen molar-refractivity contribution in [3.8, 4) is 0 Å². The van der Waals surface area contributed by atoms with Crippen molar-refractivity contribution in [2.45, 2.75) is 39.3 Å². The minimum absolute atomic E-state index is 0.0162. The van der Waals surface area contributed by atoms with Crippen LogP contribution < -0.4 is 15.5 Å². The number of hydrogen-bond acceptors (Lipinski definition) is 5. The van der Waals surface area contributed by atoms with Crippen molar-refractivity contribution in [3.05, 3.63) is 12.4 Å². The topological polar surface area (TPSA) is 53.1 Å². The van der Waals surface area contributed by atoms with Gasteiger partial charge in [-0.25, -0.2) is 9.97 Å². The maximum atomic E-state index is 4.37. The summed E-state index contributed by atoms with van der Waals surface area (Å²) in [6.07, 6.45) is 1.64. The summed E-state index contributed by atoms with van der Waals surface area (Å²) in [6.45, 7) is 11.6. The standard InChI is InChI=1S/C13H23N5/c1-10-8-18(6-5-14-10)12-7-11(15-9-16-12)17-13(2,3)4/h7,9-10,14H,5-6,8H2,1-4H3,(H,15,16,17). The lowest BCUT2D eigenvalue weighted by Gasteiger charge is -2.33. The summed E-state index contributed by atoms with van der Waals surface area (Å²) in [4.78, 5) is 11.0.